The van der Waals surface area contributed by atoms with Crippen LogP contribution in [-0.2, 0) is 6.54 Å². The minimum Gasteiger partial charge on any atom is -0.302 e. The molecule has 3 rings (SSSR count). The summed E-state index contributed by atoms with van der Waals surface area (Å²) in [4.78, 5) is 5.34. The Morgan fingerprint density at radius 3 is 2.45 bits per heavy atom. The van der Waals surface area contributed by atoms with Crippen LogP contribution >= 0.6 is 11.6 Å². The second-order valence-corrected chi connectivity index (χ2v) is 6.69. The van der Waals surface area contributed by atoms with E-state index in [9.17, 15) is 0 Å². The van der Waals surface area contributed by atoms with Gasteiger partial charge in [-0.3, -0.25) is 4.90 Å². The molecule has 3 heteroatoms. The van der Waals surface area contributed by atoms with Gasteiger partial charge in [-0.2, -0.15) is 0 Å². The number of hydrogen-bond donors (Lipinski definition) is 0. The molecule has 0 saturated carbocycles. The fraction of sp³-hybridized carbons (Fsp3) is 0.647. The predicted molar refractivity (Wildman–Crippen MR) is 85.2 cm³/mol. The van der Waals surface area contributed by atoms with Crippen molar-refractivity contribution >= 4 is 11.6 Å². The van der Waals surface area contributed by atoms with Crippen LogP contribution in [0.15, 0.2) is 24.3 Å². The van der Waals surface area contributed by atoms with Crippen molar-refractivity contribution in [3.05, 3.63) is 34.9 Å². The van der Waals surface area contributed by atoms with Crippen LogP contribution in [0.25, 0.3) is 0 Å². The van der Waals surface area contributed by atoms with Crippen LogP contribution in [0.2, 0.25) is 5.02 Å². The van der Waals surface area contributed by atoms with E-state index in [2.05, 4.69) is 21.9 Å². The first-order chi connectivity index (χ1) is 9.81. The number of likely N-dealkylation sites (tertiary alicyclic amines) is 2. The van der Waals surface area contributed by atoms with Crippen LogP contribution in [0.4, 0.5) is 0 Å². The van der Waals surface area contributed by atoms with Crippen molar-refractivity contribution in [3.63, 3.8) is 0 Å². The lowest BCUT2D eigenvalue weighted by molar-refractivity contribution is 0.149. The third-order valence-corrected chi connectivity index (χ3v) is 4.97. The summed E-state index contributed by atoms with van der Waals surface area (Å²) >= 11 is 5.97. The van der Waals surface area contributed by atoms with Crippen LogP contribution in [0.1, 0.15) is 37.7 Å². The van der Waals surface area contributed by atoms with E-state index in [1.54, 1.807) is 0 Å². The van der Waals surface area contributed by atoms with Crippen LogP contribution in [0, 0.1) is 0 Å². The van der Waals surface area contributed by atoms with Gasteiger partial charge in [-0.05, 0) is 63.0 Å². The van der Waals surface area contributed by atoms with Gasteiger partial charge in [-0.1, -0.05) is 30.2 Å². The third kappa shape index (κ3) is 3.75. The van der Waals surface area contributed by atoms with Gasteiger partial charge in [0.1, 0.15) is 0 Å². The highest BCUT2D eigenvalue weighted by Crippen LogP contribution is 2.23. The monoisotopic (exact) mass is 292 g/mol. The molecule has 20 heavy (non-hydrogen) atoms. The molecule has 2 heterocycles. The smallest absolute Gasteiger partial charge is 0.0406 e. The summed E-state index contributed by atoms with van der Waals surface area (Å²) in [5, 5.41) is 0.833. The van der Waals surface area contributed by atoms with Gasteiger partial charge in [0.2, 0.25) is 0 Å². The van der Waals surface area contributed by atoms with E-state index in [1.165, 1.54) is 63.8 Å². The van der Waals surface area contributed by atoms with Crippen LogP contribution < -0.4 is 0 Å². The SMILES string of the molecule is Clc1ccc(CN2CCCC2CN2CCCCC2)cc1. The van der Waals surface area contributed by atoms with Gasteiger partial charge < -0.3 is 4.90 Å². The molecule has 0 spiro atoms. The number of benzene rings is 1. The van der Waals surface area contributed by atoms with Gasteiger partial charge in [-0.25, -0.2) is 0 Å². The van der Waals surface area contributed by atoms with Crippen molar-refractivity contribution in [2.45, 2.75) is 44.7 Å². The van der Waals surface area contributed by atoms with Crippen LogP contribution in [0.3, 0.4) is 0 Å². The largest absolute Gasteiger partial charge is 0.302 e. The van der Waals surface area contributed by atoms with Crippen LogP contribution in [0.5, 0.6) is 0 Å². The Morgan fingerprint density at radius 1 is 0.950 bits per heavy atom. The summed E-state index contributed by atoms with van der Waals surface area (Å²) in [6.07, 6.45) is 6.93. The number of hydrogen-bond acceptors (Lipinski definition) is 2. The zero-order valence-electron chi connectivity index (χ0n) is 12.2. The first kappa shape index (κ1) is 14.4. The van der Waals surface area contributed by atoms with Crippen molar-refractivity contribution in [2.75, 3.05) is 26.2 Å². The Balaban J connectivity index is 1.56. The Labute approximate surface area is 127 Å². The van der Waals surface area contributed by atoms with Gasteiger partial charge in [0.15, 0.2) is 0 Å². The molecule has 0 N–H and O–H groups in total. The van der Waals surface area contributed by atoms with Gasteiger partial charge in [0.25, 0.3) is 0 Å². The molecule has 2 aliphatic heterocycles. The second-order valence-electron chi connectivity index (χ2n) is 6.25. The average Bonchev–Trinajstić information content (AvgIpc) is 2.90. The van der Waals surface area contributed by atoms with Crippen molar-refractivity contribution in [3.8, 4) is 0 Å². The molecule has 2 saturated heterocycles. The quantitative estimate of drug-likeness (QED) is 0.833. The molecule has 0 radical (unpaired) electrons. The van der Waals surface area contributed by atoms with E-state index in [0.29, 0.717) is 0 Å². The highest BCUT2D eigenvalue weighted by molar-refractivity contribution is 6.30. The van der Waals surface area contributed by atoms with E-state index in [-0.39, 0.29) is 0 Å². The lowest BCUT2D eigenvalue weighted by Gasteiger charge is -2.33. The Morgan fingerprint density at radius 2 is 1.70 bits per heavy atom. The maximum absolute atomic E-state index is 5.97. The molecule has 0 aliphatic carbocycles. The minimum absolute atomic E-state index is 0.753. The number of rotatable bonds is 4. The topological polar surface area (TPSA) is 6.48 Å². The molecule has 110 valence electrons. The molecule has 2 nitrogen and oxygen atoms in total. The highest BCUT2D eigenvalue weighted by atomic mass is 35.5. The normalized spacial score (nSPS) is 25.1. The van der Waals surface area contributed by atoms with E-state index < -0.39 is 0 Å². The molecular weight excluding hydrogens is 268 g/mol. The van der Waals surface area contributed by atoms with Gasteiger partial charge in [-0.15, -0.1) is 0 Å². The third-order valence-electron chi connectivity index (χ3n) is 4.72. The standard InChI is InChI=1S/C17H25ClN2/c18-16-8-6-15(7-9-16)13-20-12-4-5-17(20)14-19-10-2-1-3-11-19/h6-9,17H,1-5,10-14H2. The van der Waals surface area contributed by atoms with Crippen molar-refractivity contribution in [2.24, 2.45) is 0 Å². The predicted octanol–water partition coefficient (Wildman–Crippen LogP) is 3.79. The lowest BCUT2D eigenvalue weighted by atomic mass is 10.1. The zero-order valence-corrected chi connectivity index (χ0v) is 13.0. The fourth-order valence-corrected chi connectivity index (χ4v) is 3.70. The molecule has 2 fully saturated rings. The van der Waals surface area contributed by atoms with Crippen LogP contribution in [-0.4, -0.2) is 42.0 Å². The van der Waals surface area contributed by atoms with E-state index in [1.807, 2.05) is 12.1 Å². The van der Waals surface area contributed by atoms with Crippen molar-refractivity contribution in [1.29, 1.82) is 0 Å². The minimum atomic E-state index is 0.753. The Kier molecular flexibility index (Phi) is 4.98. The van der Waals surface area contributed by atoms with Gasteiger partial charge in [0, 0.05) is 24.2 Å². The summed E-state index contributed by atoms with van der Waals surface area (Å²) in [5.74, 6) is 0. The number of nitrogens with zero attached hydrogens (tertiary/aromatic N) is 2. The molecule has 1 aromatic carbocycles. The Bertz CT molecular complexity index is 412. The summed E-state index contributed by atoms with van der Waals surface area (Å²) < 4.78 is 0. The lowest BCUT2D eigenvalue weighted by Crippen LogP contribution is -2.42. The molecule has 0 amide bonds. The molecule has 1 aromatic rings. The number of piperidine rings is 1. The van der Waals surface area contributed by atoms with Crippen molar-refractivity contribution < 1.29 is 0 Å². The summed E-state index contributed by atoms with van der Waals surface area (Å²) in [5.41, 5.74) is 1.39. The summed E-state index contributed by atoms with van der Waals surface area (Å²) in [6, 6.07) is 9.10. The molecule has 2 aliphatic rings. The Hall–Kier alpha value is -0.570. The summed E-state index contributed by atoms with van der Waals surface area (Å²) in [6.45, 7) is 6.22. The maximum Gasteiger partial charge on any atom is 0.0406 e. The molecular formula is C17H25ClN2. The van der Waals surface area contributed by atoms with E-state index in [0.717, 1.165) is 17.6 Å². The first-order valence-electron chi connectivity index (χ1n) is 8.02. The zero-order chi connectivity index (χ0) is 13.8. The maximum atomic E-state index is 5.97. The highest BCUT2D eigenvalue weighted by Gasteiger charge is 2.26. The van der Waals surface area contributed by atoms with E-state index >= 15 is 0 Å². The van der Waals surface area contributed by atoms with Gasteiger partial charge >= 0.3 is 0 Å². The molecule has 0 bridgehead atoms. The molecule has 1 atom stereocenters. The molecule has 1 unspecified atom stereocenters. The fourth-order valence-electron chi connectivity index (χ4n) is 3.57. The first-order valence-corrected chi connectivity index (χ1v) is 8.40. The second kappa shape index (κ2) is 6.93. The molecule has 0 aromatic heterocycles. The van der Waals surface area contributed by atoms with Gasteiger partial charge in [0.05, 0.1) is 0 Å². The van der Waals surface area contributed by atoms with E-state index in [4.69, 9.17) is 11.6 Å². The van der Waals surface area contributed by atoms with Crippen molar-refractivity contribution in [1.82, 2.24) is 9.80 Å². The average molecular weight is 293 g/mol. The number of halogens is 1. The summed E-state index contributed by atoms with van der Waals surface area (Å²) in [7, 11) is 0.